The van der Waals surface area contributed by atoms with E-state index in [4.69, 9.17) is 14.1 Å². The van der Waals surface area contributed by atoms with Gasteiger partial charge in [0.15, 0.2) is 11.4 Å². The maximum absolute atomic E-state index is 10.9. The van der Waals surface area contributed by atoms with Gasteiger partial charge in [-0.1, -0.05) is 6.07 Å². The first kappa shape index (κ1) is 20.2. The second-order valence-electron chi connectivity index (χ2n) is 7.80. The van der Waals surface area contributed by atoms with Crippen LogP contribution in [0.15, 0.2) is 53.2 Å². The van der Waals surface area contributed by atoms with E-state index in [0.29, 0.717) is 28.7 Å². The Morgan fingerprint density at radius 2 is 2.06 bits per heavy atom. The van der Waals surface area contributed by atoms with E-state index in [2.05, 4.69) is 28.1 Å². The number of benzene rings is 1. The molecule has 0 aliphatic rings. The molecule has 0 radical (unpaired) electrons. The molecule has 0 saturated heterocycles. The van der Waals surface area contributed by atoms with Gasteiger partial charge in [-0.05, 0) is 43.7 Å². The van der Waals surface area contributed by atoms with Gasteiger partial charge in [0.05, 0.1) is 16.5 Å². The number of non-ortho nitro benzene ring substituents is 1. The molecule has 0 unspecified atom stereocenters. The van der Waals surface area contributed by atoms with Crippen LogP contribution in [0.3, 0.4) is 0 Å². The van der Waals surface area contributed by atoms with E-state index in [9.17, 15) is 10.1 Å². The zero-order chi connectivity index (χ0) is 23.4. The largest absolute Gasteiger partial charge is 0.485 e. The Bertz CT molecular complexity index is 1730. The molecule has 6 rings (SSSR count). The van der Waals surface area contributed by atoms with Crippen molar-refractivity contribution in [3.05, 3.63) is 75.9 Å². The van der Waals surface area contributed by atoms with Crippen LogP contribution in [0, 0.1) is 24.0 Å². The molecular formula is C23H16N6O4S. The fourth-order valence-electron chi connectivity index (χ4n) is 3.89. The van der Waals surface area contributed by atoms with Gasteiger partial charge in [0, 0.05) is 17.1 Å². The number of nitro benzene ring substituents is 1. The molecule has 5 heterocycles. The van der Waals surface area contributed by atoms with Gasteiger partial charge in [0.2, 0.25) is 5.82 Å². The van der Waals surface area contributed by atoms with Crippen molar-refractivity contribution in [2.45, 2.75) is 20.5 Å². The molecule has 5 aromatic heterocycles. The SMILES string of the molecule is Cc1cc(C)c2c(n1)sc1c2ncn2nc(-c3ccc(COc4cccc([N+](=O)[O-])c4)o3)nc12. The highest BCUT2D eigenvalue weighted by atomic mass is 32.1. The van der Waals surface area contributed by atoms with Gasteiger partial charge in [-0.2, -0.15) is 0 Å². The summed E-state index contributed by atoms with van der Waals surface area (Å²) in [6.07, 6.45) is 1.65. The third-order valence-electron chi connectivity index (χ3n) is 5.38. The van der Waals surface area contributed by atoms with E-state index >= 15 is 0 Å². The number of furan rings is 1. The molecule has 11 heteroatoms. The number of aryl methyl sites for hydroxylation is 2. The minimum atomic E-state index is -0.464. The van der Waals surface area contributed by atoms with E-state index in [-0.39, 0.29) is 12.3 Å². The van der Waals surface area contributed by atoms with Crippen molar-refractivity contribution >= 4 is 43.1 Å². The van der Waals surface area contributed by atoms with E-state index in [1.54, 1.807) is 46.4 Å². The first-order chi connectivity index (χ1) is 16.5. The summed E-state index contributed by atoms with van der Waals surface area (Å²) in [6.45, 7) is 4.15. The highest BCUT2D eigenvalue weighted by Gasteiger charge is 2.18. The quantitative estimate of drug-likeness (QED) is 0.246. The molecule has 0 atom stereocenters. The van der Waals surface area contributed by atoms with Gasteiger partial charge in [0.1, 0.15) is 34.0 Å². The van der Waals surface area contributed by atoms with Crippen molar-refractivity contribution in [3.8, 4) is 17.3 Å². The lowest BCUT2D eigenvalue weighted by molar-refractivity contribution is -0.384. The molecule has 34 heavy (non-hydrogen) atoms. The number of nitro groups is 1. The van der Waals surface area contributed by atoms with Crippen molar-refractivity contribution in [2.24, 2.45) is 0 Å². The first-order valence-corrected chi connectivity index (χ1v) is 11.2. The molecule has 1 aromatic carbocycles. The lowest BCUT2D eigenvalue weighted by Gasteiger charge is -2.03. The topological polar surface area (TPSA) is 121 Å². The van der Waals surface area contributed by atoms with Crippen LogP contribution in [-0.4, -0.2) is 29.5 Å². The summed E-state index contributed by atoms with van der Waals surface area (Å²) in [6, 6.07) is 11.6. The molecular weight excluding hydrogens is 456 g/mol. The average molecular weight is 472 g/mol. The number of fused-ring (bicyclic) bond motifs is 5. The van der Waals surface area contributed by atoms with Gasteiger partial charge < -0.3 is 9.15 Å². The van der Waals surface area contributed by atoms with Crippen LogP contribution >= 0.6 is 11.3 Å². The smallest absolute Gasteiger partial charge is 0.273 e. The van der Waals surface area contributed by atoms with Crippen molar-refractivity contribution < 1.29 is 14.1 Å². The van der Waals surface area contributed by atoms with Crippen LogP contribution in [0.4, 0.5) is 5.69 Å². The lowest BCUT2D eigenvalue weighted by atomic mass is 10.1. The van der Waals surface area contributed by atoms with Crippen LogP contribution < -0.4 is 4.74 Å². The molecule has 168 valence electrons. The molecule has 0 aliphatic carbocycles. The summed E-state index contributed by atoms with van der Waals surface area (Å²) >= 11 is 1.55. The predicted molar refractivity (Wildman–Crippen MR) is 126 cm³/mol. The second kappa shape index (κ2) is 7.59. The minimum absolute atomic E-state index is 0.0340. The van der Waals surface area contributed by atoms with Gasteiger partial charge in [0.25, 0.3) is 5.69 Å². The summed E-state index contributed by atoms with van der Waals surface area (Å²) in [5, 5.41) is 16.5. The van der Waals surface area contributed by atoms with Crippen molar-refractivity contribution in [1.29, 1.82) is 0 Å². The number of hydrogen-bond donors (Lipinski definition) is 0. The number of ether oxygens (including phenoxy) is 1. The van der Waals surface area contributed by atoms with Crippen LogP contribution in [0.25, 0.3) is 37.7 Å². The zero-order valence-corrected chi connectivity index (χ0v) is 18.9. The zero-order valence-electron chi connectivity index (χ0n) is 18.1. The number of rotatable bonds is 5. The molecule has 0 saturated carbocycles. The average Bonchev–Trinajstić information content (AvgIpc) is 3.53. The summed E-state index contributed by atoms with van der Waals surface area (Å²) in [4.78, 5) is 25.4. The van der Waals surface area contributed by atoms with E-state index in [0.717, 1.165) is 31.7 Å². The van der Waals surface area contributed by atoms with E-state index < -0.39 is 4.92 Å². The van der Waals surface area contributed by atoms with Crippen molar-refractivity contribution in [1.82, 2.24) is 24.6 Å². The Hall–Kier alpha value is -4.38. The molecule has 0 amide bonds. The fourth-order valence-corrected chi connectivity index (χ4v) is 5.11. The van der Waals surface area contributed by atoms with Gasteiger partial charge >= 0.3 is 0 Å². The monoisotopic (exact) mass is 472 g/mol. The molecule has 10 nitrogen and oxygen atoms in total. The molecule has 0 fully saturated rings. The Morgan fingerprint density at radius 1 is 1.18 bits per heavy atom. The molecule has 0 bridgehead atoms. The number of pyridine rings is 1. The van der Waals surface area contributed by atoms with Crippen LogP contribution in [0.5, 0.6) is 5.75 Å². The first-order valence-electron chi connectivity index (χ1n) is 10.3. The number of thiophene rings is 1. The number of hydrogen-bond acceptors (Lipinski definition) is 9. The Labute approximate surface area is 195 Å². The molecule has 0 spiro atoms. The van der Waals surface area contributed by atoms with Gasteiger partial charge in [-0.25, -0.2) is 19.5 Å². The third-order valence-corrected chi connectivity index (χ3v) is 6.45. The van der Waals surface area contributed by atoms with Gasteiger partial charge in [-0.15, -0.1) is 16.4 Å². The summed E-state index contributed by atoms with van der Waals surface area (Å²) in [7, 11) is 0. The Balaban J connectivity index is 1.32. The standard InChI is InChI=1S/C23H16N6O4S/c1-12-8-13(2)25-23-18(12)19-20(34-23)22-26-21(27-28(22)11-24-19)17-7-6-16(33-17)10-32-15-5-3-4-14(9-15)29(30)31/h3-9,11H,10H2,1-2H3. The predicted octanol–water partition coefficient (Wildman–Crippen LogP) is 5.25. The van der Waals surface area contributed by atoms with Crippen LogP contribution in [0.2, 0.25) is 0 Å². The Kier molecular flexibility index (Phi) is 4.52. The maximum Gasteiger partial charge on any atom is 0.273 e. The van der Waals surface area contributed by atoms with E-state index in [1.807, 2.05) is 6.92 Å². The van der Waals surface area contributed by atoms with Gasteiger partial charge in [-0.3, -0.25) is 10.1 Å². The third kappa shape index (κ3) is 3.33. The molecule has 0 aliphatic heterocycles. The summed E-state index contributed by atoms with van der Waals surface area (Å²) < 4.78 is 14.1. The Morgan fingerprint density at radius 3 is 2.91 bits per heavy atom. The highest BCUT2D eigenvalue weighted by molar-refractivity contribution is 7.26. The van der Waals surface area contributed by atoms with Crippen molar-refractivity contribution in [3.63, 3.8) is 0 Å². The second-order valence-corrected chi connectivity index (χ2v) is 8.80. The van der Waals surface area contributed by atoms with Crippen molar-refractivity contribution in [2.75, 3.05) is 0 Å². The molecule has 0 N–H and O–H groups in total. The van der Waals surface area contributed by atoms with Crippen LogP contribution in [0.1, 0.15) is 17.0 Å². The maximum atomic E-state index is 10.9. The molecule has 6 aromatic rings. The van der Waals surface area contributed by atoms with E-state index in [1.165, 1.54) is 12.1 Å². The summed E-state index contributed by atoms with van der Waals surface area (Å²) in [5.74, 6) is 1.84. The summed E-state index contributed by atoms with van der Waals surface area (Å²) in [5.41, 5.74) is 3.61. The number of nitrogens with zero attached hydrogens (tertiary/aromatic N) is 6. The minimum Gasteiger partial charge on any atom is -0.485 e. The van der Waals surface area contributed by atoms with Crippen LogP contribution in [-0.2, 0) is 6.61 Å². The lowest BCUT2D eigenvalue weighted by Crippen LogP contribution is -1.95. The fraction of sp³-hybridized carbons (Fsp3) is 0.130. The number of aromatic nitrogens is 5. The highest BCUT2D eigenvalue weighted by Crippen LogP contribution is 2.36. The normalized spacial score (nSPS) is 11.6.